The lowest BCUT2D eigenvalue weighted by atomic mass is 10.1. The number of β-amino-alcohol motifs (C(OH)–C–C–N with tert-alkyl or cyclic N) is 1. The van der Waals surface area contributed by atoms with Crippen molar-refractivity contribution in [2.24, 2.45) is 0 Å². The van der Waals surface area contributed by atoms with Crippen LogP contribution in [0.2, 0.25) is 0 Å². The van der Waals surface area contributed by atoms with Crippen LogP contribution in [0, 0.1) is 0 Å². The summed E-state index contributed by atoms with van der Waals surface area (Å²) in [6.07, 6.45) is 3.62. The van der Waals surface area contributed by atoms with Gasteiger partial charge in [0.25, 0.3) is 0 Å². The van der Waals surface area contributed by atoms with Gasteiger partial charge in [-0.15, -0.1) is 5.10 Å². The molecule has 0 aromatic carbocycles. The van der Waals surface area contributed by atoms with Gasteiger partial charge in [0.15, 0.2) is 5.65 Å². The van der Waals surface area contributed by atoms with E-state index in [2.05, 4.69) is 19.9 Å². The number of aliphatic hydroxyl groups is 1. The van der Waals surface area contributed by atoms with Crippen LogP contribution in [0.4, 0.5) is 5.82 Å². The van der Waals surface area contributed by atoms with Crippen molar-refractivity contribution in [2.75, 3.05) is 37.6 Å². The van der Waals surface area contributed by atoms with E-state index in [0.717, 1.165) is 44.2 Å². The molecule has 0 radical (unpaired) electrons. The van der Waals surface area contributed by atoms with Crippen LogP contribution in [0.15, 0.2) is 24.5 Å². The van der Waals surface area contributed by atoms with Gasteiger partial charge < -0.3 is 10.0 Å². The minimum atomic E-state index is -0.629. The molecule has 108 valence electrons. The van der Waals surface area contributed by atoms with Gasteiger partial charge in [0.1, 0.15) is 5.82 Å². The number of aromatic nitrogens is 3. The zero-order valence-electron chi connectivity index (χ0n) is 12.0. The molecule has 3 rings (SSSR count). The van der Waals surface area contributed by atoms with E-state index in [1.807, 2.05) is 32.2 Å². The van der Waals surface area contributed by atoms with Crippen molar-refractivity contribution < 1.29 is 5.11 Å². The third kappa shape index (κ3) is 2.91. The number of rotatable bonds is 3. The summed E-state index contributed by atoms with van der Waals surface area (Å²) >= 11 is 0. The van der Waals surface area contributed by atoms with E-state index in [0.29, 0.717) is 0 Å². The first-order valence-electron chi connectivity index (χ1n) is 7.01. The van der Waals surface area contributed by atoms with Crippen LogP contribution in [0.3, 0.4) is 0 Å². The Morgan fingerprint density at radius 2 is 1.95 bits per heavy atom. The molecule has 6 nitrogen and oxygen atoms in total. The van der Waals surface area contributed by atoms with Gasteiger partial charge in [0.05, 0.1) is 5.60 Å². The highest BCUT2D eigenvalue weighted by Gasteiger charge is 2.23. The fourth-order valence-corrected chi connectivity index (χ4v) is 2.66. The van der Waals surface area contributed by atoms with Crippen LogP contribution < -0.4 is 4.90 Å². The molecule has 0 unspecified atom stereocenters. The van der Waals surface area contributed by atoms with E-state index in [-0.39, 0.29) is 0 Å². The molecule has 3 heterocycles. The normalized spacial score (nSPS) is 17.9. The van der Waals surface area contributed by atoms with Crippen LogP contribution in [0.1, 0.15) is 13.8 Å². The Labute approximate surface area is 118 Å². The standard InChI is InChI=1S/C14H21N5O/c1-14(2,20)11-17-7-9-18(10-8-17)13-4-3-12-15-5-6-19(12)16-13/h3-6,20H,7-11H2,1-2H3. The number of hydrogen-bond acceptors (Lipinski definition) is 5. The minimum Gasteiger partial charge on any atom is -0.389 e. The van der Waals surface area contributed by atoms with Crippen molar-refractivity contribution in [2.45, 2.75) is 19.4 Å². The molecule has 1 N–H and O–H groups in total. The molecular weight excluding hydrogens is 254 g/mol. The molecule has 0 atom stereocenters. The van der Waals surface area contributed by atoms with Crippen molar-refractivity contribution in [1.29, 1.82) is 0 Å². The van der Waals surface area contributed by atoms with Gasteiger partial charge in [-0.3, -0.25) is 4.90 Å². The summed E-state index contributed by atoms with van der Waals surface area (Å²) in [6.45, 7) is 8.20. The SMILES string of the molecule is CC(C)(O)CN1CCN(c2ccc3nccn3n2)CC1. The molecule has 1 aliphatic heterocycles. The number of imidazole rings is 1. The smallest absolute Gasteiger partial charge is 0.153 e. The van der Waals surface area contributed by atoms with Crippen molar-refractivity contribution in [3.8, 4) is 0 Å². The summed E-state index contributed by atoms with van der Waals surface area (Å²) in [4.78, 5) is 8.78. The maximum Gasteiger partial charge on any atom is 0.153 e. The Balaban J connectivity index is 1.65. The Kier molecular flexibility index (Phi) is 3.35. The third-order valence-electron chi connectivity index (χ3n) is 3.55. The van der Waals surface area contributed by atoms with E-state index < -0.39 is 5.60 Å². The molecule has 1 fully saturated rings. The Morgan fingerprint density at radius 3 is 2.65 bits per heavy atom. The molecule has 0 saturated carbocycles. The Hall–Kier alpha value is -1.66. The molecule has 20 heavy (non-hydrogen) atoms. The molecular formula is C14H21N5O. The topological polar surface area (TPSA) is 56.9 Å². The summed E-state index contributed by atoms with van der Waals surface area (Å²) in [5.41, 5.74) is 0.241. The average molecular weight is 275 g/mol. The Morgan fingerprint density at radius 1 is 1.20 bits per heavy atom. The van der Waals surface area contributed by atoms with E-state index in [1.54, 1.807) is 10.7 Å². The molecule has 0 aliphatic carbocycles. The molecule has 0 amide bonds. The fourth-order valence-electron chi connectivity index (χ4n) is 2.66. The van der Waals surface area contributed by atoms with Crippen molar-refractivity contribution >= 4 is 11.5 Å². The van der Waals surface area contributed by atoms with Gasteiger partial charge in [-0.2, -0.15) is 0 Å². The minimum absolute atomic E-state index is 0.629. The van der Waals surface area contributed by atoms with Crippen LogP contribution in [0.5, 0.6) is 0 Å². The fraction of sp³-hybridized carbons (Fsp3) is 0.571. The predicted octanol–water partition coefficient (Wildman–Crippen LogP) is 0.622. The zero-order chi connectivity index (χ0) is 14.2. The average Bonchev–Trinajstić information content (AvgIpc) is 2.85. The van der Waals surface area contributed by atoms with Gasteiger partial charge >= 0.3 is 0 Å². The zero-order valence-corrected chi connectivity index (χ0v) is 12.0. The molecule has 1 saturated heterocycles. The Bertz CT molecular complexity index is 581. The number of anilines is 1. The largest absolute Gasteiger partial charge is 0.389 e. The second-order valence-corrected chi connectivity index (χ2v) is 6.00. The van der Waals surface area contributed by atoms with Crippen LogP contribution in [0.25, 0.3) is 5.65 Å². The first-order valence-corrected chi connectivity index (χ1v) is 7.01. The second kappa shape index (κ2) is 5.03. The maximum absolute atomic E-state index is 9.87. The summed E-state index contributed by atoms with van der Waals surface area (Å²) in [7, 11) is 0. The quantitative estimate of drug-likeness (QED) is 0.890. The molecule has 1 aliphatic rings. The van der Waals surface area contributed by atoms with Crippen LogP contribution in [-0.4, -0.2) is 62.9 Å². The molecule has 0 bridgehead atoms. The first kappa shape index (κ1) is 13.3. The van der Waals surface area contributed by atoms with Gasteiger partial charge in [-0.1, -0.05) is 0 Å². The van der Waals surface area contributed by atoms with Gasteiger partial charge in [0.2, 0.25) is 0 Å². The van der Waals surface area contributed by atoms with Gasteiger partial charge in [-0.25, -0.2) is 9.50 Å². The third-order valence-corrected chi connectivity index (χ3v) is 3.55. The maximum atomic E-state index is 9.87. The summed E-state index contributed by atoms with van der Waals surface area (Å²) < 4.78 is 1.80. The van der Waals surface area contributed by atoms with Crippen molar-refractivity contribution in [1.82, 2.24) is 19.5 Å². The van der Waals surface area contributed by atoms with Crippen molar-refractivity contribution in [3.05, 3.63) is 24.5 Å². The van der Waals surface area contributed by atoms with Gasteiger partial charge in [-0.05, 0) is 26.0 Å². The van der Waals surface area contributed by atoms with E-state index in [1.165, 1.54) is 0 Å². The predicted molar refractivity (Wildman–Crippen MR) is 77.9 cm³/mol. The summed E-state index contributed by atoms with van der Waals surface area (Å²) in [5.74, 6) is 0.985. The lowest BCUT2D eigenvalue weighted by Crippen LogP contribution is -2.50. The van der Waals surface area contributed by atoms with Gasteiger partial charge in [0, 0.05) is 45.1 Å². The molecule has 2 aromatic rings. The second-order valence-electron chi connectivity index (χ2n) is 6.00. The van der Waals surface area contributed by atoms with E-state index in [4.69, 9.17) is 0 Å². The number of nitrogens with zero attached hydrogens (tertiary/aromatic N) is 5. The monoisotopic (exact) mass is 275 g/mol. The van der Waals surface area contributed by atoms with E-state index >= 15 is 0 Å². The summed E-state index contributed by atoms with van der Waals surface area (Å²) in [6, 6.07) is 4.01. The number of fused-ring (bicyclic) bond motifs is 1. The van der Waals surface area contributed by atoms with Crippen LogP contribution in [-0.2, 0) is 0 Å². The highest BCUT2D eigenvalue weighted by Crippen LogP contribution is 2.15. The number of piperazine rings is 1. The highest BCUT2D eigenvalue weighted by molar-refractivity contribution is 5.46. The highest BCUT2D eigenvalue weighted by atomic mass is 16.3. The van der Waals surface area contributed by atoms with E-state index in [9.17, 15) is 5.11 Å². The lowest BCUT2D eigenvalue weighted by molar-refractivity contribution is 0.0344. The molecule has 2 aromatic heterocycles. The first-order chi connectivity index (χ1) is 9.51. The molecule has 6 heteroatoms. The lowest BCUT2D eigenvalue weighted by Gasteiger charge is -2.37. The van der Waals surface area contributed by atoms with Crippen molar-refractivity contribution in [3.63, 3.8) is 0 Å². The molecule has 0 spiro atoms. The number of hydrogen-bond donors (Lipinski definition) is 1. The summed E-state index contributed by atoms with van der Waals surface area (Å²) in [5, 5.41) is 14.4. The van der Waals surface area contributed by atoms with Crippen LogP contribution >= 0.6 is 0 Å².